The summed E-state index contributed by atoms with van der Waals surface area (Å²) in [5.41, 5.74) is -0.923. The Morgan fingerprint density at radius 1 is 1.36 bits per heavy atom. The monoisotopic (exact) mass is 311 g/mol. The number of H-pyrrole nitrogens is 1. The lowest BCUT2D eigenvalue weighted by molar-refractivity contribution is -0.137. The van der Waals surface area contributed by atoms with Gasteiger partial charge in [-0.25, -0.2) is 0 Å². The van der Waals surface area contributed by atoms with Crippen LogP contribution in [0.15, 0.2) is 35.4 Å². The van der Waals surface area contributed by atoms with Crippen molar-refractivity contribution in [3.63, 3.8) is 0 Å². The number of alkyl halides is 3. The van der Waals surface area contributed by atoms with Crippen molar-refractivity contribution in [2.24, 2.45) is 0 Å². The van der Waals surface area contributed by atoms with E-state index in [9.17, 15) is 22.8 Å². The minimum atomic E-state index is -4.61. The lowest BCUT2D eigenvalue weighted by Crippen LogP contribution is -2.22. The first-order valence-electron chi connectivity index (χ1n) is 6.27. The summed E-state index contributed by atoms with van der Waals surface area (Å²) in [7, 11) is 0. The summed E-state index contributed by atoms with van der Waals surface area (Å²) in [5, 5.41) is 2.18. The van der Waals surface area contributed by atoms with Crippen LogP contribution in [0, 0.1) is 6.92 Å². The standard InChI is InChI=1S/C14H12F3N3O2/c1-8-2-3-9(6-18-8)4-12(21)20-11-5-10(14(15,16)17)7-19-13(11)22/h2-3,5-7H,4H2,1H3,(H,19,22)(H,20,21). The molecule has 0 unspecified atom stereocenters. The van der Waals surface area contributed by atoms with Gasteiger partial charge < -0.3 is 10.3 Å². The molecule has 2 rings (SSSR count). The highest BCUT2D eigenvalue weighted by Crippen LogP contribution is 2.29. The molecule has 0 aliphatic rings. The number of nitrogens with one attached hydrogen (secondary N) is 2. The first-order valence-corrected chi connectivity index (χ1v) is 6.27. The number of anilines is 1. The SMILES string of the molecule is Cc1ccc(CC(=O)Nc2cc(C(F)(F)F)c[nH]c2=O)cn1. The lowest BCUT2D eigenvalue weighted by atomic mass is 10.2. The van der Waals surface area contributed by atoms with E-state index >= 15 is 0 Å². The average molecular weight is 311 g/mol. The Bertz CT molecular complexity index is 736. The van der Waals surface area contributed by atoms with Gasteiger partial charge in [-0.2, -0.15) is 13.2 Å². The molecule has 8 heteroatoms. The van der Waals surface area contributed by atoms with Crippen LogP contribution in [0.4, 0.5) is 18.9 Å². The zero-order valence-electron chi connectivity index (χ0n) is 11.5. The molecular weight excluding hydrogens is 299 g/mol. The quantitative estimate of drug-likeness (QED) is 0.913. The fourth-order valence-electron chi connectivity index (χ4n) is 1.72. The van der Waals surface area contributed by atoms with Crippen molar-refractivity contribution in [2.45, 2.75) is 19.5 Å². The first-order chi connectivity index (χ1) is 10.3. The van der Waals surface area contributed by atoms with Gasteiger partial charge >= 0.3 is 6.18 Å². The van der Waals surface area contributed by atoms with Crippen molar-refractivity contribution >= 4 is 11.6 Å². The maximum absolute atomic E-state index is 12.6. The van der Waals surface area contributed by atoms with E-state index in [1.54, 1.807) is 19.1 Å². The molecule has 0 radical (unpaired) electrons. The van der Waals surface area contributed by atoms with Gasteiger partial charge in [-0.15, -0.1) is 0 Å². The molecule has 5 nitrogen and oxygen atoms in total. The average Bonchev–Trinajstić information content (AvgIpc) is 2.42. The highest BCUT2D eigenvalue weighted by atomic mass is 19.4. The third-order valence-electron chi connectivity index (χ3n) is 2.84. The summed E-state index contributed by atoms with van der Waals surface area (Å²) < 4.78 is 37.7. The van der Waals surface area contributed by atoms with Crippen LogP contribution < -0.4 is 10.9 Å². The summed E-state index contributed by atoms with van der Waals surface area (Å²) in [6.45, 7) is 1.78. The predicted octanol–water partition coefficient (Wildman–Crippen LogP) is 2.28. The van der Waals surface area contributed by atoms with Gasteiger partial charge in [0.2, 0.25) is 5.91 Å². The fraction of sp³-hybridized carbons (Fsp3) is 0.214. The molecule has 22 heavy (non-hydrogen) atoms. The second-order valence-corrected chi connectivity index (χ2v) is 4.66. The molecule has 2 aromatic heterocycles. The number of hydrogen-bond donors (Lipinski definition) is 2. The van der Waals surface area contributed by atoms with Crippen molar-refractivity contribution in [3.8, 4) is 0 Å². The van der Waals surface area contributed by atoms with Crippen LogP contribution in [0.5, 0.6) is 0 Å². The molecular formula is C14H12F3N3O2. The zero-order chi connectivity index (χ0) is 16.3. The second-order valence-electron chi connectivity index (χ2n) is 4.66. The molecule has 0 aliphatic carbocycles. The summed E-state index contributed by atoms with van der Waals surface area (Å²) in [6.07, 6.45) is -2.65. The molecule has 0 saturated carbocycles. The van der Waals surface area contributed by atoms with Crippen molar-refractivity contribution < 1.29 is 18.0 Å². The molecule has 1 amide bonds. The van der Waals surface area contributed by atoms with Gasteiger partial charge in [0.05, 0.1) is 12.0 Å². The van der Waals surface area contributed by atoms with Crippen LogP contribution in [-0.4, -0.2) is 15.9 Å². The smallest absolute Gasteiger partial charge is 0.327 e. The van der Waals surface area contributed by atoms with E-state index in [1.165, 1.54) is 6.20 Å². The minimum absolute atomic E-state index is 0.0943. The van der Waals surface area contributed by atoms with Crippen LogP contribution in [0.2, 0.25) is 0 Å². The summed E-state index contributed by atoms with van der Waals surface area (Å²) in [4.78, 5) is 29.2. The van der Waals surface area contributed by atoms with Gasteiger partial charge in [0.25, 0.3) is 5.56 Å². The van der Waals surface area contributed by atoms with Gasteiger partial charge in [0.15, 0.2) is 0 Å². The third kappa shape index (κ3) is 3.94. The molecule has 2 N–H and O–H groups in total. The van der Waals surface area contributed by atoms with E-state index in [-0.39, 0.29) is 6.42 Å². The largest absolute Gasteiger partial charge is 0.417 e. The van der Waals surface area contributed by atoms with Gasteiger partial charge in [-0.3, -0.25) is 14.6 Å². The van der Waals surface area contributed by atoms with Gasteiger partial charge in [0, 0.05) is 18.1 Å². The van der Waals surface area contributed by atoms with Crippen molar-refractivity contribution in [2.75, 3.05) is 5.32 Å². The molecule has 0 bridgehead atoms. The summed E-state index contributed by atoms with van der Waals surface area (Å²) >= 11 is 0. The van der Waals surface area contributed by atoms with Gasteiger partial charge in [-0.05, 0) is 24.6 Å². The minimum Gasteiger partial charge on any atom is -0.327 e. The Morgan fingerprint density at radius 3 is 2.68 bits per heavy atom. The van der Waals surface area contributed by atoms with E-state index in [1.807, 2.05) is 4.98 Å². The highest BCUT2D eigenvalue weighted by Gasteiger charge is 2.31. The van der Waals surface area contributed by atoms with Crippen LogP contribution in [0.1, 0.15) is 16.8 Å². The second kappa shape index (κ2) is 6.00. The molecule has 2 heterocycles. The molecule has 0 saturated heterocycles. The maximum atomic E-state index is 12.6. The number of amides is 1. The van der Waals surface area contributed by atoms with Gasteiger partial charge in [0.1, 0.15) is 5.69 Å². The third-order valence-corrected chi connectivity index (χ3v) is 2.84. The number of nitrogens with zero attached hydrogens (tertiary/aromatic N) is 1. The van der Waals surface area contributed by atoms with Crippen LogP contribution in [-0.2, 0) is 17.4 Å². The van der Waals surface area contributed by atoms with E-state index in [0.717, 1.165) is 5.69 Å². The number of aromatic amines is 1. The Kier molecular flexibility index (Phi) is 4.30. The number of aryl methyl sites for hydroxylation is 1. The Balaban J connectivity index is 2.14. The number of aromatic nitrogens is 2. The van der Waals surface area contributed by atoms with Crippen LogP contribution in [0.3, 0.4) is 0 Å². The molecule has 0 aromatic carbocycles. The van der Waals surface area contributed by atoms with Crippen molar-refractivity contribution in [1.29, 1.82) is 0 Å². The molecule has 0 atom stereocenters. The normalized spacial score (nSPS) is 11.3. The molecule has 0 fully saturated rings. The lowest BCUT2D eigenvalue weighted by Gasteiger charge is -2.09. The number of rotatable bonds is 3. The number of carbonyl (C=O) groups excluding carboxylic acids is 1. The molecule has 0 aliphatic heterocycles. The Morgan fingerprint density at radius 2 is 2.09 bits per heavy atom. The van der Waals surface area contributed by atoms with E-state index in [4.69, 9.17) is 0 Å². The first kappa shape index (κ1) is 15.7. The van der Waals surface area contributed by atoms with Crippen molar-refractivity contribution in [1.82, 2.24) is 9.97 Å². The number of carbonyl (C=O) groups is 1. The zero-order valence-corrected chi connectivity index (χ0v) is 11.5. The van der Waals surface area contributed by atoms with E-state index < -0.39 is 28.9 Å². The van der Waals surface area contributed by atoms with E-state index in [0.29, 0.717) is 17.8 Å². The molecule has 0 spiro atoms. The van der Waals surface area contributed by atoms with E-state index in [2.05, 4.69) is 10.3 Å². The number of halogens is 3. The van der Waals surface area contributed by atoms with Crippen LogP contribution >= 0.6 is 0 Å². The Hall–Kier alpha value is -2.64. The fourth-order valence-corrected chi connectivity index (χ4v) is 1.72. The number of pyridine rings is 2. The summed E-state index contributed by atoms with van der Waals surface area (Å²) in [5.74, 6) is -0.601. The summed E-state index contributed by atoms with van der Waals surface area (Å²) in [6, 6.07) is 3.99. The van der Waals surface area contributed by atoms with Crippen molar-refractivity contribution in [3.05, 3.63) is 57.8 Å². The van der Waals surface area contributed by atoms with Gasteiger partial charge in [-0.1, -0.05) is 6.07 Å². The maximum Gasteiger partial charge on any atom is 0.417 e. The van der Waals surface area contributed by atoms with Crippen LogP contribution in [0.25, 0.3) is 0 Å². The highest BCUT2D eigenvalue weighted by molar-refractivity contribution is 5.92. The molecule has 2 aromatic rings. The number of hydrogen-bond acceptors (Lipinski definition) is 3. The topological polar surface area (TPSA) is 74.8 Å². The Labute approximate surface area is 123 Å². The predicted molar refractivity (Wildman–Crippen MR) is 73.4 cm³/mol. The molecule has 116 valence electrons.